The maximum Gasteiger partial charge on any atom is 3.00 e. The van der Waals surface area contributed by atoms with Gasteiger partial charge in [0.15, 0.2) is 0 Å². The summed E-state index contributed by atoms with van der Waals surface area (Å²) in [5.41, 5.74) is 18.2. The minimum Gasteiger partial charge on any atom is -0.667 e. The van der Waals surface area contributed by atoms with Crippen LogP contribution >= 0.6 is 0 Å². The van der Waals surface area contributed by atoms with Crippen molar-refractivity contribution >= 4 is 0 Å². The van der Waals surface area contributed by atoms with Crippen LogP contribution in [0.15, 0.2) is 146 Å². The Labute approximate surface area is 446 Å². The Kier molecular flexibility index (Phi) is 12.7. The predicted octanol–water partition coefficient (Wildman–Crippen LogP) is 14.8. The Morgan fingerprint density at radius 2 is 0.536 bits per heavy atom. The molecule has 0 spiro atoms. The fourth-order valence-corrected chi connectivity index (χ4v) is 10.7. The van der Waals surface area contributed by atoms with Crippen molar-refractivity contribution in [2.75, 3.05) is 0 Å². The number of fused-ring (bicyclic) bond motifs is 16. The van der Waals surface area contributed by atoms with E-state index in [1.165, 1.54) is 61.5 Å². The van der Waals surface area contributed by atoms with Gasteiger partial charge in [0.25, 0.3) is 0 Å². The van der Waals surface area contributed by atoms with Crippen LogP contribution in [0.3, 0.4) is 0 Å². The Morgan fingerprint density at radius 1 is 0.275 bits per heavy atom. The molecule has 0 unspecified atom stereocenters. The summed E-state index contributed by atoms with van der Waals surface area (Å²) in [5.74, 6) is 0. The molecule has 4 nitrogen and oxygen atoms in total. The van der Waals surface area contributed by atoms with Crippen molar-refractivity contribution in [3.05, 3.63) is 236 Å². The first kappa shape index (κ1) is 50.7. The molecule has 0 amide bonds. The maximum atomic E-state index is 5.23. The fourth-order valence-electron chi connectivity index (χ4n) is 10.7. The minimum atomic E-state index is -0.202. The van der Waals surface area contributed by atoms with Crippen LogP contribution in [0.2, 0.25) is 0 Å². The van der Waals surface area contributed by atoms with Gasteiger partial charge in [-0.15, -0.1) is 28.5 Å². The molecule has 0 aliphatic carbocycles. The summed E-state index contributed by atoms with van der Waals surface area (Å²) >= 11 is 0. The topological polar surface area (TPSA) is 58.1 Å². The quantitative estimate of drug-likeness (QED) is 0.165. The summed E-state index contributed by atoms with van der Waals surface area (Å²) in [6, 6.07) is 51.9. The van der Waals surface area contributed by atoms with Gasteiger partial charge in [-0.1, -0.05) is 244 Å². The number of aromatic amines is 1. The Hall–Kier alpha value is -4.66. The number of aromatic nitrogens is 4. The van der Waals surface area contributed by atoms with Crippen LogP contribution in [0, 0.1) is 40.4 Å². The van der Waals surface area contributed by atoms with E-state index in [1.807, 2.05) is 0 Å². The molecule has 1 radical (unpaired) electrons. The molecule has 2 aliphatic heterocycles. The summed E-state index contributed by atoms with van der Waals surface area (Å²) in [6.07, 6.45) is 2.08. The summed E-state index contributed by atoms with van der Waals surface area (Å²) < 4.78 is 0. The molecule has 8 aromatic rings. The minimum absolute atomic E-state index is 0. The van der Waals surface area contributed by atoms with Crippen LogP contribution in [-0.2, 0) is 43.3 Å². The number of benzene rings is 4. The second kappa shape index (κ2) is 17.3. The van der Waals surface area contributed by atoms with E-state index in [4.69, 9.17) is 15.0 Å². The van der Waals surface area contributed by atoms with Gasteiger partial charge in [0.05, 0.1) is 0 Å². The first-order valence-corrected chi connectivity index (χ1v) is 24.8. The van der Waals surface area contributed by atoms with E-state index < -0.39 is 0 Å². The molecule has 6 heterocycles. The molecule has 4 aromatic carbocycles. The van der Waals surface area contributed by atoms with Crippen molar-refractivity contribution < 1.29 is 40.4 Å². The van der Waals surface area contributed by atoms with Gasteiger partial charge in [-0.3, -0.25) is 0 Å². The van der Waals surface area contributed by atoms with Gasteiger partial charge in [0.1, 0.15) is 0 Å². The van der Waals surface area contributed by atoms with Crippen molar-refractivity contribution in [3.8, 4) is 0 Å². The molecule has 69 heavy (non-hydrogen) atoms. The number of rotatable bonds is 0. The third-order valence-electron chi connectivity index (χ3n) is 17.1. The molecule has 16 bridgehead atoms. The van der Waals surface area contributed by atoms with E-state index in [1.54, 1.807) is 0 Å². The normalized spacial score (nSPS) is 19.2. The monoisotopic (exact) mass is 1050 g/mol. The van der Waals surface area contributed by atoms with E-state index in [2.05, 4.69) is 261 Å². The van der Waals surface area contributed by atoms with Gasteiger partial charge in [0.2, 0.25) is 0 Å². The van der Waals surface area contributed by atoms with E-state index in [0.29, 0.717) is 0 Å². The molecular formula is C64H73N4Sm. The van der Waals surface area contributed by atoms with E-state index >= 15 is 0 Å². The van der Waals surface area contributed by atoms with Crippen LogP contribution in [0.25, 0.3) is 0 Å². The average Bonchev–Trinajstić information content (AvgIpc) is 4.16. The second-order valence-corrected chi connectivity index (χ2v) is 24.3. The Morgan fingerprint density at radius 3 is 0.841 bits per heavy atom. The van der Waals surface area contributed by atoms with E-state index in [9.17, 15) is 0 Å². The van der Waals surface area contributed by atoms with Gasteiger partial charge in [-0.05, 0) is 83.7 Å². The molecule has 4 aromatic heterocycles. The van der Waals surface area contributed by atoms with E-state index in [-0.39, 0.29) is 83.7 Å². The van der Waals surface area contributed by atoms with Crippen LogP contribution in [0.4, 0.5) is 0 Å². The van der Waals surface area contributed by atoms with Crippen molar-refractivity contribution in [2.45, 2.75) is 154 Å². The fraction of sp³-hybridized carbons (Fsp3) is 0.375. The van der Waals surface area contributed by atoms with Gasteiger partial charge in [-0.25, -0.2) is 0 Å². The number of nitrogens with one attached hydrogen (secondary N) is 1. The molecule has 0 saturated carbocycles. The molecule has 1 N–H and O–H groups in total. The molecule has 0 atom stereocenters. The van der Waals surface area contributed by atoms with Crippen molar-refractivity contribution in [3.63, 3.8) is 0 Å². The summed E-state index contributed by atoms with van der Waals surface area (Å²) in [7, 11) is 0. The van der Waals surface area contributed by atoms with Gasteiger partial charge >= 0.3 is 40.4 Å². The summed E-state index contributed by atoms with van der Waals surface area (Å²) in [5, 5.41) is 0. The number of hydrogen-bond donors (Lipinski definition) is 1. The van der Waals surface area contributed by atoms with Crippen LogP contribution in [0.1, 0.15) is 201 Å². The Balaban J connectivity index is 0.000000183. The van der Waals surface area contributed by atoms with Crippen molar-refractivity contribution in [1.82, 2.24) is 19.9 Å². The first-order chi connectivity index (χ1) is 31.7. The number of hydrogen-bond acceptors (Lipinski definition) is 0. The van der Waals surface area contributed by atoms with Crippen LogP contribution in [-0.4, -0.2) is 4.98 Å². The SMILES string of the molecule is CC1(C)c2cccc(c2)C(C)(C)c2ccc([n-]2)C(C)(C)c2cccc(c2)C(C)(C)c2ccc1[n-]2.CC1(C)c2cccc(c2)C(C)(C)c2ccc([nH]2)C(C)(C)c2cccc(c2)C(C)(C)c2cc1c[n-]2.[Sm+3]. The maximum absolute atomic E-state index is 5.23. The van der Waals surface area contributed by atoms with Crippen molar-refractivity contribution in [1.29, 1.82) is 0 Å². The first-order valence-electron chi connectivity index (χ1n) is 24.8. The van der Waals surface area contributed by atoms with Gasteiger partial charge in [-0.2, -0.15) is 6.20 Å². The molecule has 2 aliphatic rings. The van der Waals surface area contributed by atoms with Crippen LogP contribution in [0.5, 0.6) is 0 Å². The summed E-state index contributed by atoms with van der Waals surface area (Å²) in [6.45, 7) is 36.7. The molecule has 0 saturated heterocycles. The molecule has 10 rings (SSSR count). The van der Waals surface area contributed by atoms with Crippen LogP contribution < -0.4 is 15.0 Å². The zero-order valence-corrected chi connectivity index (χ0v) is 46.7. The zero-order chi connectivity index (χ0) is 49.0. The Bertz CT molecular complexity index is 2540. The summed E-state index contributed by atoms with van der Waals surface area (Å²) in [4.78, 5) is 19.2. The van der Waals surface area contributed by atoms with Crippen molar-refractivity contribution in [2.24, 2.45) is 0 Å². The standard InChI is InChI=1S/C32H37N2.C32H36N2.Sm/c1-29(2)21-11-9-12-22(17-21)30(3,4)26-15-16-27(34-26)31(5,6)23-13-10-14-24(18-23)32(7,8)28-19-25(29)20-33-28;1-29(2)21-11-9-12-22(19-21)30(3,4)27-17-18-28(34-27)32(7,8)24-14-10-13-23(20-24)31(5,6)26-16-15-25(29)33-26;/h9-20,34H,1-8H3;9-20H,1-8H3;/q-1;-2;+3. The third-order valence-corrected chi connectivity index (χ3v) is 17.1. The average molecular weight is 1050 g/mol. The third kappa shape index (κ3) is 8.51. The molecular weight excluding hydrogens is 975 g/mol. The smallest absolute Gasteiger partial charge is 0.667 e. The molecule has 5 heteroatoms. The molecule has 0 fully saturated rings. The second-order valence-electron chi connectivity index (χ2n) is 24.3. The number of nitrogens with zero attached hydrogens (tertiary/aromatic N) is 3. The number of H-pyrrole nitrogens is 1. The largest absolute Gasteiger partial charge is 3.00 e. The zero-order valence-electron chi connectivity index (χ0n) is 44.1. The molecule has 355 valence electrons. The predicted molar refractivity (Wildman–Crippen MR) is 283 cm³/mol. The van der Waals surface area contributed by atoms with Gasteiger partial charge < -0.3 is 19.9 Å². The van der Waals surface area contributed by atoms with E-state index in [0.717, 1.165) is 28.5 Å². The van der Waals surface area contributed by atoms with Gasteiger partial charge in [0, 0.05) is 27.6 Å².